The molecule has 6 nitrogen and oxygen atoms in total. The average molecular weight is 407 g/mol. The number of fused-ring (bicyclic) bond motifs is 1. The first-order valence-electron chi connectivity index (χ1n) is 9.86. The van der Waals surface area contributed by atoms with Crippen molar-refractivity contribution in [2.75, 3.05) is 13.1 Å². The molecule has 148 valence electrons. The summed E-state index contributed by atoms with van der Waals surface area (Å²) in [5, 5.41) is 13.6. The molecular formula is C22H22N4O2S. The van der Waals surface area contributed by atoms with Gasteiger partial charge in [-0.2, -0.15) is 11.3 Å². The first kappa shape index (κ1) is 18.1. The Morgan fingerprint density at radius 1 is 1.28 bits per heavy atom. The summed E-state index contributed by atoms with van der Waals surface area (Å²) in [4.78, 5) is 15.0. The third-order valence-corrected chi connectivity index (χ3v) is 6.34. The number of benzene rings is 1. The van der Waals surface area contributed by atoms with Crippen molar-refractivity contribution in [3.8, 4) is 11.5 Å². The van der Waals surface area contributed by atoms with Crippen molar-refractivity contribution in [2.24, 2.45) is 7.05 Å². The SMILES string of the molecule is Cn1cc(CC(=O)N2CCC[C@H](c3nnc(-c4ccsc4)o3)C2)c2ccccc21. The summed E-state index contributed by atoms with van der Waals surface area (Å²) in [5.41, 5.74) is 3.18. The average Bonchev–Trinajstić information content (AvgIpc) is 3.49. The molecule has 1 saturated heterocycles. The number of piperidine rings is 1. The van der Waals surface area contributed by atoms with Gasteiger partial charge in [0.05, 0.1) is 12.3 Å². The maximum absolute atomic E-state index is 13.0. The molecule has 0 aliphatic carbocycles. The molecule has 0 N–H and O–H groups in total. The fraction of sp³-hybridized carbons (Fsp3) is 0.318. The van der Waals surface area contributed by atoms with Gasteiger partial charge in [0, 0.05) is 48.2 Å². The van der Waals surface area contributed by atoms with Gasteiger partial charge in [0.15, 0.2) is 0 Å². The van der Waals surface area contributed by atoms with Crippen LogP contribution in [0.15, 0.2) is 51.7 Å². The number of para-hydroxylation sites is 1. The molecule has 1 aromatic carbocycles. The van der Waals surface area contributed by atoms with Crippen LogP contribution in [0.5, 0.6) is 0 Å². The second-order valence-corrected chi connectivity index (χ2v) is 8.38. The van der Waals surface area contributed by atoms with Crippen LogP contribution in [0.1, 0.15) is 30.2 Å². The van der Waals surface area contributed by atoms with Gasteiger partial charge >= 0.3 is 0 Å². The lowest BCUT2D eigenvalue weighted by Crippen LogP contribution is -2.40. The summed E-state index contributed by atoms with van der Waals surface area (Å²) in [6.45, 7) is 1.42. The molecule has 0 saturated carbocycles. The molecule has 0 bridgehead atoms. The van der Waals surface area contributed by atoms with Crippen molar-refractivity contribution in [2.45, 2.75) is 25.2 Å². The smallest absolute Gasteiger partial charge is 0.248 e. The van der Waals surface area contributed by atoms with E-state index in [0.717, 1.165) is 41.4 Å². The van der Waals surface area contributed by atoms with Gasteiger partial charge in [-0.25, -0.2) is 0 Å². The molecule has 0 spiro atoms. The van der Waals surface area contributed by atoms with Crippen molar-refractivity contribution >= 4 is 28.1 Å². The quantitative estimate of drug-likeness (QED) is 0.509. The predicted molar refractivity (Wildman–Crippen MR) is 113 cm³/mol. The van der Waals surface area contributed by atoms with E-state index in [4.69, 9.17) is 4.42 Å². The van der Waals surface area contributed by atoms with E-state index in [1.807, 2.05) is 40.9 Å². The zero-order chi connectivity index (χ0) is 19.8. The summed E-state index contributed by atoms with van der Waals surface area (Å²) in [6, 6.07) is 10.2. The third-order valence-electron chi connectivity index (χ3n) is 5.65. The van der Waals surface area contributed by atoms with Gasteiger partial charge in [-0.3, -0.25) is 4.79 Å². The first-order valence-corrected chi connectivity index (χ1v) is 10.8. The van der Waals surface area contributed by atoms with E-state index < -0.39 is 0 Å². The van der Waals surface area contributed by atoms with Crippen molar-refractivity contribution in [3.05, 3.63) is 58.7 Å². The number of aromatic nitrogens is 3. The molecule has 1 fully saturated rings. The molecule has 0 radical (unpaired) electrons. The lowest BCUT2D eigenvalue weighted by molar-refractivity contribution is -0.131. The van der Waals surface area contributed by atoms with Crippen LogP contribution in [0, 0.1) is 0 Å². The van der Waals surface area contributed by atoms with E-state index in [1.54, 1.807) is 11.3 Å². The summed E-state index contributed by atoms with van der Waals surface area (Å²) in [7, 11) is 2.02. The normalized spacial score (nSPS) is 17.1. The number of carbonyl (C=O) groups is 1. The fourth-order valence-corrected chi connectivity index (χ4v) is 4.78. The lowest BCUT2D eigenvalue weighted by atomic mass is 9.97. The number of hydrogen-bond donors (Lipinski definition) is 0. The van der Waals surface area contributed by atoms with Gasteiger partial charge in [-0.15, -0.1) is 10.2 Å². The molecule has 29 heavy (non-hydrogen) atoms. The number of rotatable bonds is 4. The number of amides is 1. The summed E-state index contributed by atoms with van der Waals surface area (Å²) in [6.07, 6.45) is 4.39. The minimum absolute atomic E-state index is 0.0973. The Bertz CT molecular complexity index is 1140. The molecule has 1 amide bonds. The van der Waals surface area contributed by atoms with Crippen LogP contribution < -0.4 is 0 Å². The second-order valence-electron chi connectivity index (χ2n) is 7.60. The van der Waals surface area contributed by atoms with Crippen LogP contribution in [0.2, 0.25) is 0 Å². The Kier molecular flexibility index (Phi) is 4.67. The van der Waals surface area contributed by atoms with Gasteiger partial charge in [0.25, 0.3) is 0 Å². The van der Waals surface area contributed by atoms with Crippen molar-refractivity contribution in [1.82, 2.24) is 19.7 Å². The zero-order valence-electron chi connectivity index (χ0n) is 16.2. The minimum Gasteiger partial charge on any atom is -0.420 e. The Morgan fingerprint density at radius 2 is 2.17 bits per heavy atom. The highest BCUT2D eigenvalue weighted by atomic mass is 32.1. The van der Waals surface area contributed by atoms with Crippen molar-refractivity contribution < 1.29 is 9.21 Å². The molecule has 4 aromatic rings. The minimum atomic E-state index is 0.0973. The molecule has 1 atom stereocenters. The third kappa shape index (κ3) is 3.46. The van der Waals surface area contributed by atoms with Crippen LogP contribution >= 0.6 is 11.3 Å². The zero-order valence-corrected chi connectivity index (χ0v) is 17.1. The van der Waals surface area contributed by atoms with E-state index in [1.165, 1.54) is 0 Å². The predicted octanol–water partition coefficient (Wildman–Crippen LogP) is 4.24. The number of thiophene rings is 1. The summed E-state index contributed by atoms with van der Waals surface area (Å²) in [5.74, 6) is 1.44. The summed E-state index contributed by atoms with van der Waals surface area (Å²) >= 11 is 1.60. The summed E-state index contributed by atoms with van der Waals surface area (Å²) < 4.78 is 8.00. The van der Waals surface area contributed by atoms with Gasteiger partial charge in [-0.05, 0) is 35.9 Å². The van der Waals surface area contributed by atoms with Crippen LogP contribution in [-0.4, -0.2) is 38.7 Å². The van der Waals surface area contributed by atoms with Crippen molar-refractivity contribution in [3.63, 3.8) is 0 Å². The molecule has 5 rings (SSSR count). The Morgan fingerprint density at radius 3 is 3.03 bits per heavy atom. The van der Waals surface area contributed by atoms with Crippen LogP contribution in [0.3, 0.4) is 0 Å². The second kappa shape index (κ2) is 7.48. The number of nitrogens with zero attached hydrogens (tertiary/aromatic N) is 4. The van der Waals surface area contributed by atoms with Crippen molar-refractivity contribution in [1.29, 1.82) is 0 Å². The molecule has 0 unspecified atom stereocenters. The highest BCUT2D eigenvalue weighted by molar-refractivity contribution is 7.08. The lowest BCUT2D eigenvalue weighted by Gasteiger charge is -2.31. The Hall–Kier alpha value is -2.93. The van der Waals surface area contributed by atoms with E-state index in [0.29, 0.717) is 24.7 Å². The van der Waals surface area contributed by atoms with Gasteiger partial charge < -0.3 is 13.9 Å². The Balaban J connectivity index is 1.31. The highest BCUT2D eigenvalue weighted by Crippen LogP contribution is 2.30. The maximum Gasteiger partial charge on any atom is 0.248 e. The molecule has 1 aliphatic rings. The van der Waals surface area contributed by atoms with Crippen LogP contribution in [0.4, 0.5) is 0 Å². The monoisotopic (exact) mass is 406 g/mol. The van der Waals surface area contributed by atoms with Crippen LogP contribution in [0.25, 0.3) is 22.4 Å². The van der Waals surface area contributed by atoms with Gasteiger partial charge in [0.2, 0.25) is 17.7 Å². The number of aryl methyl sites for hydroxylation is 1. The van der Waals surface area contributed by atoms with Gasteiger partial charge in [0.1, 0.15) is 0 Å². The number of likely N-dealkylation sites (tertiary alicyclic amines) is 1. The van der Waals surface area contributed by atoms with E-state index in [2.05, 4.69) is 33.1 Å². The van der Waals surface area contributed by atoms with E-state index in [9.17, 15) is 4.79 Å². The fourth-order valence-electron chi connectivity index (χ4n) is 4.15. The topological polar surface area (TPSA) is 64.2 Å². The molecule has 4 heterocycles. The molecular weight excluding hydrogens is 384 g/mol. The first-order chi connectivity index (χ1) is 14.2. The standard InChI is InChI=1S/C22H22N4O2S/c1-25-12-17(18-6-2-3-7-19(18)25)11-20(27)26-9-4-5-15(13-26)21-23-24-22(28-21)16-8-10-29-14-16/h2-3,6-8,10,12,14-15H,4-5,9,11,13H2,1H3/t15-/m0/s1. The van der Waals surface area contributed by atoms with E-state index >= 15 is 0 Å². The largest absolute Gasteiger partial charge is 0.420 e. The number of hydrogen-bond acceptors (Lipinski definition) is 5. The molecule has 3 aromatic heterocycles. The van der Waals surface area contributed by atoms with E-state index in [-0.39, 0.29) is 11.8 Å². The maximum atomic E-state index is 13.0. The molecule has 1 aliphatic heterocycles. The van der Waals surface area contributed by atoms with Crippen LogP contribution in [-0.2, 0) is 18.3 Å². The molecule has 7 heteroatoms. The highest BCUT2D eigenvalue weighted by Gasteiger charge is 2.29. The van der Waals surface area contributed by atoms with Gasteiger partial charge in [-0.1, -0.05) is 18.2 Å². The Labute approximate surface area is 172 Å². The number of carbonyl (C=O) groups excluding carboxylic acids is 1.